The maximum absolute atomic E-state index is 11.4. The summed E-state index contributed by atoms with van der Waals surface area (Å²) in [5.41, 5.74) is 0.647. The monoisotopic (exact) mass is 264 g/mol. The van der Waals surface area contributed by atoms with Crippen LogP contribution in [0.25, 0.3) is 0 Å². The first-order valence-corrected chi connectivity index (χ1v) is 6.21. The largest absolute Gasteiger partial charge is 0.363 e. The second kappa shape index (κ2) is 5.64. The van der Waals surface area contributed by atoms with E-state index in [1.807, 2.05) is 0 Å². The van der Waals surface area contributed by atoms with E-state index in [9.17, 15) is 14.9 Å². The van der Waals surface area contributed by atoms with E-state index < -0.39 is 4.92 Å². The van der Waals surface area contributed by atoms with Crippen LogP contribution in [0.4, 0.5) is 11.5 Å². The molecule has 1 aromatic rings. The molecule has 1 aromatic heterocycles. The lowest BCUT2D eigenvalue weighted by molar-refractivity contribution is -0.384. The topological polar surface area (TPSA) is 97.2 Å². The highest BCUT2D eigenvalue weighted by molar-refractivity contribution is 5.80. The quantitative estimate of drug-likeness (QED) is 0.457. The third-order valence-electron chi connectivity index (χ3n) is 2.87. The molecule has 19 heavy (non-hydrogen) atoms. The van der Waals surface area contributed by atoms with Gasteiger partial charge in [0.05, 0.1) is 4.92 Å². The Hall–Kier alpha value is -2.18. The predicted octanol–water partition coefficient (Wildman–Crippen LogP) is 1.24. The molecule has 0 radical (unpaired) electrons. The Morgan fingerprint density at radius 2 is 2.21 bits per heavy atom. The van der Waals surface area contributed by atoms with Crippen LogP contribution in [0.3, 0.4) is 0 Å². The van der Waals surface area contributed by atoms with Crippen molar-refractivity contribution < 1.29 is 9.72 Å². The summed E-state index contributed by atoms with van der Waals surface area (Å²) in [6.45, 7) is 2.61. The molecule has 7 nitrogen and oxygen atoms in total. The summed E-state index contributed by atoms with van der Waals surface area (Å²) < 4.78 is 0. The number of pyridine rings is 1. The number of anilines is 1. The molecule has 0 unspecified atom stereocenters. The molecule has 1 saturated carbocycles. The number of nitrogens with one attached hydrogen (secondary N) is 2. The van der Waals surface area contributed by atoms with Gasteiger partial charge in [-0.2, -0.15) is 0 Å². The van der Waals surface area contributed by atoms with Crippen molar-refractivity contribution in [2.75, 3.05) is 18.4 Å². The van der Waals surface area contributed by atoms with Crippen LogP contribution in [-0.2, 0) is 4.79 Å². The van der Waals surface area contributed by atoms with Gasteiger partial charge in [-0.3, -0.25) is 14.9 Å². The lowest BCUT2D eigenvalue weighted by Crippen LogP contribution is -2.30. The molecular weight excluding hydrogens is 248 g/mol. The van der Waals surface area contributed by atoms with Gasteiger partial charge in [-0.15, -0.1) is 0 Å². The fraction of sp³-hybridized carbons (Fsp3) is 0.500. The zero-order chi connectivity index (χ0) is 13.8. The Morgan fingerprint density at radius 1 is 1.47 bits per heavy atom. The Bertz CT molecular complexity index is 500. The maximum Gasteiger partial charge on any atom is 0.311 e. The molecule has 0 aliphatic heterocycles. The molecule has 1 amide bonds. The molecule has 1 aliphatic rings. The fourth-order valence-corrected chi connectivity index (χ4v) is 1.68. The first kappa shape index (κ1) is 13.3. The summed E-state index contributed by atoms with van der Waals surface area (Å²) in [5, 5.41) is 16.5. The SMILES string of the molecule is Cc1ccc([N+](=O)[O-])c(NCCNC(=O)C2CC2)n1. The minimum Gasteiger partial charge on any atom is -0.363 e. The number of amides is 1. The lowest BCUT2D eigenvalue weighted by Gasteiger charge is -2.08. The van der Waals surface area contributed by atoms with Crippen molar-refractivity contribution in [3.8, 4) is 0 Å². The molecule has 1 fully saturated rings. The van der Waals surface area contributed by atoms with Crippen LogP contribution >= 0.6 is 0 Å². The number of nitrogens with zero attached hydrogens (tertiary/aromatic N) is 2. The molecule has 0 aromatic carbocycles. The van der Waals surface area contributed by atoms with Crippen molar-refractivity contribution in [3.05, 3.63) is 27.9 Å². The van der Waals surface area contributed by atoms with Gasteiger partial charge in [0.15, 0.2) is 0 Å². The molecule has 0 saturated heterocycles. The van der Waals surface area contributed by atoms with Crippen LogP contribution < -0.4 is 10.6 Å². The van der Waals surface area contributed by atoms with Gasteiger partial charge in [-0.05, 0) is 25.8 Å². The summed E-state index contributed by atoms with van der Waals surface area (Å²) in [4.78, 5) is 25.8. The van der Waals surface area contributed by atoms with E-state index >= 15 is 0 Å². The van der Waals surface area contributed by atoms with E-state index in [1.165, 1.54) is 6.07 Å². The van der Waals surface area contributed by atoms with Gasteiger partial charge in [0.25, 0.3) is 0 Å². The van der Waals surface area contributed by atoms with E-state index in [4.69, 9.17) is 0 Å². The predicted molar refractivity (Wildman–Crippen MR) is 69.9 cm³/mol. The first-order chi connectivity index (χ1) is 9.08. The van der Waals surface area contributed by atoms with Crippen molar-refractivity contribution in [1.29, 1.82) is 0 Å². The third-order valence-corrected chi connectivity index (χ3v) is 2.87. The van der Waals surface area contributed by atoms with Crippen molar-refractivity contribution in [2.45, 2.75) is 19.8 Å². The number of nitro groups is 1. The summed E-state index contributed by atoms with van der Waals surface area (Å²) >= 11 is 0. The Kier molecular flexibility index (Phi) is 3.94. The van der Waals surface area contributed by atoms with E-state index in [0.29, 0.717) is 18.8 Å². The van der Waals surface area contributed by atoms with Gasteiger partial charge in [0.2, 0.25) is 11.7 Å². The minimum absolute atomic E-state index is 0.0564. The normalized spacial score (nSPS) is 13.9. The van der Waals surface area contributed by atoms with E-state index in [0.717, 1.165) is 12.8 Å². The van der Waals surface area contributed by atoms with Gasteiger partial charge >= 0.3 is 5.69 Å². The number of carbonyl (C=O) groups excluding carboxylic acids is 1. The van der Waals surface area contributed by atoms with Gasteiger partial charge in [-0.25, -0.2) is 4.98 Å². The van der Waals surface area contributed by atoms with E-state index in [-0.39, 0.29) is 23.3 Å². The van der Waals surface area contributed by atoms with E-state index in [1.54, 1.807) is 13.0 Å². The smallest absolute Gasteiger partial charge is 0.311 e. The summed E-state index contributed by atoms with van der Waals surface area (Å²) in [6, 6.07) is 3.02. The highest BCUT2D eigenvalue weighted by Gasteiger charge is 2.29. The number of rotatable bonds is 6. The molecule has 0 bridgehead atoms. The summed E-state index contributed by atoms with van der Waals surface area (Å²) in [5.74, 6) is 0.477. The minimum atomic E-state index is -0.475. The Balaban J connectivity index is 1.85. The number of hydrogen-bond donors (Lipinski definition) is 2. The van der Waals surface area contributed by atoms with Gasteiger partial charge < -0.3 is 10.6 Å². The standard InChI is InChI=1S/C12H16N4O3/c1-8-2-5-10(16(18)19)11(15-8)13-6-7-14-12(17)9-3-4-9/h2,5,9H,3-4,6-7H2,1H3,(H,13,15)(H,14,17). The average molecular weight is 264 g/mol. The molecule has 2 rings (SSSR count). The summed E-state index contributed by atoms with van der Waals surface area (Å²) in [6.07, 6.45) is 1.92. The lowest BCUT2D eigenvalue weighted by atomic mass is 10.3. The first-order valence-electron chi connectivity index (χ1n) is 6.21. The highest BCUT2D eigenvalue weighted by Crippen LogP contribution is 2.28. The second-order valence-electron chi connectivity index (χ2n) is 4.57. The summed E-state index contributed by atoms with van der Waals surface area (Å²) in [7, 11) is 0. The van der Waals surface area contributed by atoms with Gasteiger partial charge in [0.1, 0.15) is 0 Å². The van der Waals surface area contributed by atoms with Crippen LogP contribution in [0.2, 0.25) is 0 Å². The Morgan fingerprint density at radius 3 is 2.84 bits per heavy atom. The third kappa shape index (κ3) is 3.64. The van der Waals surface area contributed by atoms with Crippen LogP contribution in [0.15, 0.2) is 12.1 Å². The van der Waals surface area contributed by atoms with Crippen LogP contribution in [0, 0.1) is 23.0 Å². The maximum atomic E-state index is 11.4. The molecular formula is C12H16N4O3. The second-order valence-corrected chi connectivity index (χ2v) is 4.57. The van der Waals surface area contributed by atoms with Crippen molar-refractivity contribution in [1.82, 2.24) is 10.3 Å². The van der Waals surface area contributed by atoms with Crippen molar-refractivity contribution in [2.24, 2.45) is 5.92 Å². The molecule has 0 spiro atoms. The fourth-order valence-electron chi connectivity index (χ4n) is 1.68. The molecule has 1 heterocycles. The molecule has 0 atom stereocenters. The number of carbonyl (C=O) groups is 1. The zero-order valence-corrected chi connectivity index (χ0v) is 10.7. The molecule has 102 valence electrons. The molecule has 7 heteroatoms. The Labute approximate surface area is 110 Å². The van der Waals surface area contributed by atoms with E-state index in [2.05, 4.69) is 15.6 Å². The number of hydrogen-bond acceptors (Lipinski definition) is 5. The van der Waals surface area contributed by atoms with Crippen LogP contribution in [0.5, 0.6) is 0 Å². The number of aryl methyl sites for hydroxylation is 1. The molecule has 1 aliphatic carbocycles. The number of aromatic nitrogens is 1. The van der Waals surface area contributed by atoms with Crippen LogP contribution in [-0.4, -0.2) is 28.9 Å². The molecule has 2 N–H and O–H groups in total. The average Bonchev–Trinajstić information content (AvgIpc) is 3.18. The van der Waals surface area contributed by atoms with Gasteiger partial charge in [0, 0.05) is 30.8 Å². The van der Waals surface area contributed by atoms with Crippen molar-refractivity contribution >= 4 is 17.4 Å². The van der Waals surface area contributed by atoms with Gasteiger partial charge in [-0.1, -0.05) is 0 Å². The zero-order valence-electron chi connectivity index (χ0n) is 10.7. The van der Waals surface area contributed by atoms with Crippen LogP contribution in [0.1, 0.15) is 18.5 Å². The van der Waals surface area contributed by atoms with Crippen molar-refractivity contribution in [3.63, 3.8) is 0 Å². The highest BCUT2D eigenvalue weighted by atomic mass is 16.6.